The Morgan fingerprint density at radius 3 is 1.02 bits per heavy atom. The van der Waals surface area contributed by atoms with Gasteiger partial charge in [0.05, 0.1) is 11.1 Å². The smallest absolute Gasteiger partial charge is 0.425 e. The molecule has 4 atom stereocenters. The minimum atomic E-state index is -4.74. The predicted octanol–water partition coefficient (Wildman–Crippen LogP) is 11.0. The van der Waals surface area contributed by atoms with Gasteiger partial charge in [-0.3, -0.25) is 0 Å². The molecule has 0 saturated heterocycles. The molecule has 0 bridgehead atoms. The first-order chi connectivity index (χ1) is 26.4. The van der Waals surface area contributed by atoms with Crippen LogP contribution in [0.25, 0.3) is 22.3 Å². The van der Waals surface area contributed by atoms with Crippen molar-refractivity contribution in [2.45, 2.75) is 129 Å². The summed E-state index contributed by atoms with van der Waals surface area (Å²) < 4.78 is 100. The molecule has 14 heteroatoms. The van der Waals surface area contributed by atoms with Gasteiger partial charge in [-0.05, 0) is 86.1 Å². The van der Waals surface area contributed by atoms with Gasteiger partial charge in [-0.25, -0.2) is 19.2 Å². The van der Waals surface area contributed by atoms with Crippen molar-refractivity contribution < 1.29 is 64.5 Å². The van der Waals surface area contributed by atoms with E-state index in [2.05, 4.69) is 9.47 Å². The Kier molecular flexibility index (Phi) is 17.4. The van der Waals surface area contributed by atoms with Gasteiger partial charge in [-0.2, -0.15) is 26.3 Å². The van der Waals surface area contributed by atoms with Gasteiger partial charge in [0.25, 0.3) is 0 Å². The Hall–Kier alpha value is -4.88. The molecule has 3 aromatic rings. The van der Waals surface area contributed by atoms with Gasteiger partial charge in [0.15, 0.2) is 24.4 Å². The second kappa shape index (κ2) is 21.4. The molecule has 0 heterocycles. The molecule has 3 aromatic carbocycles. The fourth-order valence-electron chi connectivity index (χ4n) is 5.57. The summed E-state index contributed by atoms with van der Waals surface area (Å²) in [4.78, 5) is 50.1. The Morgan fingerprint density at radius 1 is 0.464 bits per heavy atom. The molecule has 0 saturated carbocycles. The second-order valence-corrected chi connectivity index (χ2v) is 13.5. The quantitative estimate of drug-likeness (QED) is 0.0482. The van der Waals surface area contributed by atoms with Crippen molar-refractivity contribution in [3.05, 3.63) is 83.9 Å². The van der Waals surface area contributed by atoms with Crippen LogP contribution in [-0.2, 0) is 28.5 Å². The number of hydrogen-bond acceptors (Lipinski definition) is 8. The minimum absolute atomic E-state index is 0.0742. The Morgan fingerprint density at radius 2 is 0.750 bits per heavy atom. The summed E-state index contributed by atoms with van der Waals surface area (Å²) in [6.07, 6.45) is -13.1. The van der Waals surface area contributed by atoms with Crippen LogP contribution in [-0.4, -0.2) is 60.6 Å². The highest BCUT2D eigenvalue weighted by Gasteiger charge is 2.44. The summed E-state index contributed by atoms with van der Waals surface area (Å²) >= 11 is 0. The highest BCUT2D eigenvalue weighted by Crippen LogP contribution is 2.30. The topological polar surface area (TPSA) is 105 Å². The van der Waals surface area contributed by atoms with Crippen LogP contribution in [0.5, 0.6) is 0 Å². The van der Waals surface area contributed by atoms with Gasteiger partial charge < -0.3 is 18.9 Å². The average molecular weight is 795 g/mol. The van der Waals surface area contributed by atoms with Crippen LogP contribution in [0, 0.1) is 0 Å². The van der Waals surface area contributed by atoms with E-state index in [-0.39, 0.29) is 36.8 Å². The fourth-order valence-corrected chi connectivity index (χ4v) is 5.57. The number of carbonyl (C=O) groups is 4. The van der Waals surface area contributed by atoms with Gasteiger partial charge in [-0.1, -0.05) is 101 Å². The Balaban J connectivity index is 1.55. The van der Waals surface area contributed by atoms with Crippen molar-refractivity contribution in [2.24, 2.45) is 0 Å². The lowest BCUT2D eigenvalue weighted by Crippen LogP contribution is -2.37. The minimum Gasteiger partial charge on any atom is -0.450 e. The van der Waals surface area contributed by atoms with Crippen LogP contribution < -0.4 is 0 Å². The third-order valence-corrected chi connectivity index (χ3v) is 8.91. The molecule has 0 spiro atoms. The highest BCUT2D eigenvalue weighted by molar-refractivity contribution is 5.93. The van der Waals surface area contributed by atoms with Crippen molar-refractivity contribution in [2.75, 3.05) is 0 Å². The standard InChI is InChI=1S/C42H48F6O8/c1-5-7-9-11-13-35(41(43,44)45)55-37(49)27(3)53-39(51)33-23-19-31(20-24-33)29-15-17-30(18-16-29)32-21-25-34(26-22-32)40(52)54-28(4)38(50)56-36(42(46,47)48)14-12-10-8-6-2/h15-28,35-36H,5-14H2,1-4H3/t27-,28-,35-,36-/m0/s1. The van der Waals surface area contributed by atoms with E-state index in [1.165, 1.54) is 24.3 Å². The molecule has 0 aliphatic rings. The third-order valence-electron chi connectivity index (χ3n) is 8.91. The number of halogens is 6. The maximum Gasteiger partial charge on any atom is 0.425 e. The van der Waals surface area contributed by atoms with Crippen LogP contribution in [0.3, 0.4) is 0 Å². The van der Waals surface area contributed by atoms with Crippen molar-refractivity contribution in [3.63, 3.8) is 0 Å². The van der Waals surface area contributed by atoms with Gasteiger partial charge in [0.2, 0.25) is 0 Å². The zero-order chi connectivity index (χ0) is 41.5. The van der Waals surface area contributed by atoms with Crippen molar-refractivity contribution >= 4 is 23.9 Å². The number of alkyl halides is 6. The SMILES string of the molecule is CCCCCC[C@H](OC(=O)[C@H](C)OC(=O)c1ccc(-c2ccc(-c3ccc(C(=O)O[C@@H](C)C(=O)O[C@@H](CCCCCC)C(F)(F)F)cc3)cc2)cc1)C(F)(F)F. The van der Waals surface area contributed by atoms with Crippen molar-refractivity contribution in [3.8, 4) is 22.3 Å². The van der Waals surface area contributed by atoms with E-state index < -0.39 is 60.6 Å². The van der Waals surface area contributed by atoms with E-state index in [1.54, 1.807) is 24.3 Å². The summed E-state index contributed by atoms with van der Waals surface area (Å²) in [7, 11) is 0. The first kappa shape index (κ1) is 45.5. The lowest BCUT2D eigenvalue weighted by molar-refractivity contribution is -0.226. The van der Waals surface area contributed by atoms with Crippen LogP contribution in [0.2, 0.25) is 0 Å². The lowest BCUT2D eigenvalue weighted by atomic mass is 9.99. The maximum atomic E-state index is 13.4. The molecule has 56 heavy (non-hydrogen) atoms. The van der Waals surface area contributed by atoms with E-state index in [4.69, 9.17) is 9.47 Å². The molecule has 8 nitrogen and oxygen atoms in total. The molecule has 0 fully saturated rings. The normalized spacial score (nSPS) is 13.9. The van der Waals surface area contributed by atoms with Crippen molar-refractivity contribution in [1.29, 1.82) is 0 Å². The fraction of sp³-hybridized carbons (Fsp3) is 0.476. The van der Waals surface area contributed by atoms with E-state index in [1.807, 2.05) is 38.1 Å². The highest BCUT2D eigenvalue weighted by atomic mass is 19.4. The number of rotatable bonds is 20. The molecule has 3 rings (SSSR count). The summed E-state index contributed by atoms with van der Waals surface area (Å²) in [5, 5.41) is 0. The molecule has 0 unspecified atom stereocenters. The van der Waals surface area contributed by atoms with E-state index in [0.717, 1.165) is 61.8 Å². The summed E-state index contributed by atoms with van der Waals surface area (Å²) in [6, 6.07) is 19.6. The molecule has 0 aliphatic carbocycles. The number of unbranched alkanes of at least 4 members (excludes halogenated alkanes) is 6. The van der Waals surface area contributed by atoms with E-state index in [9.17, 15) is 45.5 Å². The Bertz CT molecular complexity index is 1580. The van der Waals surface area contributed by atoms with Gasteiger partial charge in [-0.15, -0.1) is 0 Å². The zero-order valence-electron chi connectivity index (χ0n) is 31.8. The maximum absolute atomic E-state index is 13.4. The molecular formula is C42H48F6O8. The van der Waals surface area contributed by atoms with E-state index >= 15 is 0 Å². The molecule has 0 aromatic heterocycles. The lowest BCUT2D eigenvalue weighted by Gasteiger charge is -2.22. The summed E-state index contributed by atoms with van der Waals surface area (Å²) in [5.74, 6) is -4.40. The Labute approximate surface area is 322 Å². The first-order valence-corrected chi connectivity index (χ1v) is 18.7. The van der Waals surface area contributed by atoms with Crippen LogP contribution in [0.1, 0.15) is 113 Å². The van der Waals surface area contributed by atoms with Gasteiger partial charge in [0, 0.05) is 0 Å². The molecule has 0 radical (unpaired) electrons. The molecule has 306 valence electrons. The predicted molar refractivity (Wildman–Crippen MR) is 196 cm³/mol. The summed E-state index contributed by atoms with van der Waals surface area (Å²) in [6.45, 7) is 6.14. The molecule has 0 N–H and O–H groups in total. The van der Waals surface area contributed by atoms with Gasteiger partial charge >= 0.3 is 36.2 Å². The first-order valence-electron chi connectivity index (χ1n) is 18.7. The van der Waals surface area contributed by atoms with Crippen molar-refractivity contribution in [1.82, 2.24) is 0 Å². The zero-order valence-corrected chi connectivity index (χ0v) is 31.8. The number of ether oxygens (including phenoxy) is 4. The number of esters is 4. The number of carbonyl (C=O) groups excluding carboxylic acids is 4. The third kappa shape index (κ3) is 14.3. The second-order valence-electron chi connectivity index (χ2n) is 13.5. The molecular weight excluding hydrogens is 746 g/mol. The monoisotopic (exact) mass is 794 g/mol. The largest absolute Gasteiger partial charge is 0.450 e. The van der Waals surface area contributed by atoms with E-state index in [0.29, 0.717) is 12.8 Å². The van der Waals surface area contributed by atoms with Gasteiger partial charge in [0.1, 0.15) is 0 Å². The molecule has 0 amide bonds. The number of benzene rings is 3. The average Bonchev–Trinajstić information content (AvgIpc) is 3.16. The summed E-state index contributed by atoms with van der Waals surface area (Å²) in [5.41, 5.74) is 3.14. The molecule has 0 aliphatic heterocycles. The van der Waals surface area contributed by atoms with Crippen LogP contribution in [0.4, 0.5) is 26.3 Å². The van der Waals surface area contributed by atoms with Crippen LogP contribution >= 0.6 is 0 Å². The van der Waals surface area contributed by atoms with Crippen LogP contribution in [0.15, 0.2) is 72.8 Å². The number of hydrogen-bond donors (Lipinski definition) is 0.